The minimum atomic E-state index is -0.821. The number of hydrogen-bond donors (Lipinski definition) is 2. The first kappa shape index (κ1) is 13.9. The van der Waals surface area contributed by atoms with E-state index in [4.69, 9.17) is 9.84 Å². The van der Waals surface area contributed by atoms with Gasteiger partial charge in [-0.2, -0.15) is 0 Å². The third kappa shape index (κ3) is 3.26. The predicted molar refractivity (Wildman–Crippen MR) is 73.7 cm³/mol. The van der Waals surface area contributed by atoms with Gasteiger partial charge in [0.15, 0.2) is 0 Å². The maximum absolute atomic E-state index is 10.9. The van der Waals surface area contributed by atoms with Crippen LogP contribution in [0.15, 0.2) is 18.2 Å². The SMILES string of the molecule is Cc1cc(OC2(CC(=O)O)CNC2)cc(C(C)C)c1. The number of rotatable bonds is 5. The van der Waals surface area contributed by atoms with Gasteiger partial charge in [0.25, 0.3) is 0 Å². The van der Waals surface area contributed by atoms with Crippen LogP contribution in [0.5, 0.6) is 5.75 Å². The molecule has 1 aliphatic rings. The van der Waals surface area contributed by atoms with Crippen molar-refractivity contribution in [2.45, 2.75) is 38.7 Å². The lowest BCUT2D eigenvalue weighted by Gasteiger charge is -2.41. The van der Waals surface area contributed by atoms with Gasteiger partial charge in [-0.1, -0.05) is 19.9 Å². The van der Waals surface area contributed by atoms with E-state index >= 15 is 0 Å². The number of ether oxygens (including phenoxy) is 1. The Morgan fingerprint density at radius 1 is 1.42 bits per heavy atom. The lowest BCUT2D eigenvalue weighted by molar-refractivity contribution is -0.143. The molecule has 104 valence electrons. The molecule has 19 heavy (non-hydrogen) atoms. The van der Waals surface area contributed by atoms with Crippen LogP contribution in [-0.2, 0) is 4.79 Å². The first-order valence-electron chi connectivity index (χ1n) is 6.63. The third-order valence-electron chi connectivity index (χ3n) is 3.44. The van der Waals surface area contributed by atoms with Crippen LogP contribution >= 0.6 is 0 Å². The van der Waals surface area contributed by atoms with E-state index in [1.807, 2.05) is 19.1 Å². The molecule has 0 aromatic heterocycles. The van der Waals surface area contributed by atoms with E-state index in [0.717, 1.165) is 11.3 Å². The Morgan fingerprint density at radius 3 is 2.58 bits per heavy atom. The standard InChI is InChI=1S/C15H21NO3/c1-10(2)12-4-11(3)5-13(6-12)19-15(7-14(17)18)8-16-9-15/h4-6,10,16H,7-9H2,1-3H3,(H,17,18). The van der Waals surface area contributed by atoms with Crippen LogP contribution in [0.2, 0.25) is 0 Å². The first-order valence-corrected chi connectivity index (χ1v) is 6.63. The fourth-order valence-electron chi connectivity index (χ4n) is 2.33. The number of aryl methyl sites for hydroxylation is 1. The van der Waals surface area contributed by atoms with Crippen LogP contribution in [-0.4, -0.2) is 29.8 Å². The molecular weight excluding hydrogens is 242 g/mol. The molecule has 2 N–H and O–H groups in total. The lowest BCUT2D eigenvalue weighted by Crippen LogP contribution is -2.64. The van der Waals surface area contributed by atoms with Gasteiger partial charge in [-0.3, -0.25) is 4.79 Å². The summed E-state index contributed by atoms with van der Waals surface area (Å²) in [5.74, 6) is 0.377. The highest BCUT2D eigenvalue weighted by Crippen LogP contribution is 2.29. The van der Waals surface area contributed by atoms with Gasteiger partial charge in [0.2, 0.25) is 0 Å². The van der Waals surface area contributed by atoms with Crippen molar-refractivity contribution in [1.82, 2.24) is 5.32 Å². The van der Waals surface area contributed by atoms with Crippen molar-refractivity contribution in [3.8, 4) is 5.75 Å². The number of benzene rings is 1. The van der Waals surface area contributed by atoms with Gasteiger partial charge in [-0.25, -0.2) is 0 Å². The predicted octanol–water partition coefficient (Wildman–Crippen LogP) is 2.31. The van der Waals surface area contributed by atoms with Crippen molar-refractivity contribution in [2.24, 2.45) is 0 Å². The molecule has 1 aliphatic heterocycles. The topological polar surface area (TPSA) is 58.6 Å². The van der Waals surface area contributed by atoms with E-state index in [0.29, 0.717) is 19.0 Å². The summed E-state index contributed by atoms with van der Waals surface area (Å²) in [6, 6.07) is 6.12. The van der Waals surface area contributed by atoms with Crippen LogP contribution in [0.1, 0.15) is 37.3 Å². The minimum Gasteiger partial charge on any atom is -0.484 e. The van der Waals surface area contributed by atoms with Gasteiger partial charge >= 0.3 is 5.97 Å². The Kier molecular flexibility index (Phi) is 3.80. The van der Waals surface area contributed by atoms with Crippen molar-refractivity contribution < 1.29 is 14.6 Å². The zero-order chi connectivity index (χ0) is 14.0. The molecule has 0 saturated carbocycles. The highest BCUT2D eigenvalue weighted by atomic mass is 16.5. The van der Waals surface area contributed by atoms with Crippen LogP contribution < -0.4 is 10.1 Å². The van der Waals surface area contributed by atoms with E-state index in [9.17, 15) is 4.79 Å². The molecule has 1 aromatic carbocycles. The summed E-state index contributed by atoms with van der Waals surface area (Å²) in [5.41, 5.74) is 1.76. The largest absolute Gasteiger partial charge is 0.484 e. The van der Waals surface area contributed by atoms with E-state index in [-0.39, 0.29) is 6.42 Å². The molecule has 1 heterocycles. The Morgan fingerprint density at radius 2 is 2.11 bits per heavy atom. The second-order valence-corrected chi connectivity index (χ2v) is 5.69. The van der Waals surface area contributed by atoms with Crippen molar-refractivity contribution >= 4 is 5.97 Å². The molecule has 0 atom stereocenters. The van der Waals surface area contributed by atoms with Crippen molar-refractivity contribution in [3.05, 3.63) is 29.3 Å². The molecule has 0 amide bonds. The van der Waals surface area contributed by atoms with Crippen molar-refractivity contribution in [3.63, 3.8) is 0 Å². The Bertz CT molecular complexity index is 478. The summed E-state index contributed by atoms with van der Waals surface area (Å²) < 4.78 is 5.98. The molecule has 0 unspecified atom stereocenters. The van der Waals surface area contributed by atoms with E-state index in [1.165, 1.54) is 5.56 Å². The molecule has 1 aromatic rings. The Balaban J connectivity index is 2.20. The molecular formula is C15H21NO3. The van der Waals surface area contributed by atoms with Gasteiger partial charge in [-0.05, 0) is 36.1 Å². The van der Waals surface area contributed by atoms with Gasteiger partial charge in [-0.15, -0.1) is 0 Å². The summed E-state index contributed by atoms with van der Waals surface area (Å²) >= 11 is 0. The number of hydrogen-bond acceptors (Lipinski definition) is 3. The van der Waals surface area contributed by atoms with E-state index < -0.39 is 11.6 Å². The first-order chi connectivity index (χ1) is 8.90. The molecule has 4 nitrogen and oxygen atoms in total. The van der Waals surface area contributed by atoms with Gasteiger partial charge in [0.1, 0.15) is 11.4 Å². The molecule has 4 heteroatoms. The van der Waals surface area contributed by atoms with Crippen LogP contribution in [0.25, 0.3) is 0 Å². The summed E-state index contributed by atoms with van der Waals surface area (Å²) in [5, 5.41) is 12.1. The normalized spacial score (nSPS) is 17.1. The summed E-state index contributed by atoms with van der Waals surface area (Å²) in [4.78, 5) is 10.9. The fraction of sp³-hybridized carbons (Fsp3) is 0.533. The zero-order valence-corrected chi connectivity index (χ0v) is 11.7. The van der Waals surface area contributed by atoms with E-state index in [1.54, 1.807) is 0 Å². The number of carboxylic acid groups (broad SMARTS) is 1. The maximum Gasteiger partial charge on any atom is 0.307 e. The average Bonchev–Trinajstić information content (AvgIpc) is 2.24. The molecule has 1 saturated heterocycles. The number of aliphatic carboxylic acids is 1. The monoisotopic (exact) mass is 263 g/mol. The Labute approximate surface area is 113 Å². The molecule has 0 aliphatic carbocycles. The lowest BCUT2D eigenvalue weighted by atomic mass is 9.92. The molecule has 2 rings (SSSR count). The highest BCUT2D eigenvalue weighted by Gasteiger charge is 2.41. The smallest absolute Gasteiger partial charge is 0.307 e. The minimum absolute atomic E-state index is 0.0327. The molecule has 0 radical (unpaired) electrons. The number of nitrogens with one attached hydrogen (secondary N) is 1. The second kappa shape index (κ2) is 5.21. The Hall–Kier alpha value is -1.55. The number of carboxylic acids is 1. The highest BCUT2D eigenvalue weighted by molar-refractivity contribution is 5.68. The van der Waals surface area contributed by atoms with Gasteiger partial charge < -0.3 is 15.2 Å². The van der Waals surface area contributed by atoms with Gasteiger partial charge in [0, 0.05) is 13.1 Å². The van der Waals surface area contributed by atoms with Crippen molar-refractivity contribution in [2.75, 3.05) is 13.1 Å². The quantitative estimate of drug-likeness (QED) is 0.856. The molecule has 0 spiro atoms. The molecule has 1 fully saturated rings. The number of carbonyl (C=O) groups is 1. The van der Waals surface area contributed by atoms with Crippen LogP contribution in [0, 0.1) is 6.92 Å². The maximum atomic E-state index is 10.9. The second-order valence-electron chi connectivity index (χ2n) is 5.69. The van der Waals surface area contributed by atoms with Crippen molar-refractivity contribution in [1.29, 1.82) is 0 Å². The average molecular weight is 263 g/mol. The summed E-state index contributed by atoms with van der Waals surface area (Å²) in [6.45, 7) is 7.48. The summed E-state index contributed by atoms with van der Waals surface area (Å²) in [6.07, 6.45) is 0.0327. The molecule has 0 bridgehead atoms. The van der Waals surface area contributed by atoms with Crippen LogP contribution in [0.4, 0.5) is 0 Å². The van der Waals surface area contributed by atoms with E-state index in [2.05, 4.69) is 25.2 Å². The summed E-state index contributed by atoms with van der Waals surface area (Å²) in [7, 11) is 0. The third-order valence-corrected chi connectivity index (χ3v) is 3.44. The van der Waals surface area contributed by atoms with Gasteiger partial charge in [0.05, 0.1) is 6.42 Å². The fourth-order valence-corrected chi connectivity index (χ4v) is 2.33. The zero-order valence-electron chi connectivity index (χ0n) is 11.7. The van der Waals surface area contributed by atoms with Crippen LogP contribution in [0.3, 0.4) is 0 Å².